The Morgan fingerprint density at radius 1 is 1.15 bits per heavy atom. The van der Waals surface area contributed by atoms with Gasteiger partial charge in [-0.1, -0.05) is 45.0 Å². The molecule has 9 heteroatoms. The number of hydrogen-bond donors (Lipinski definition) is 0. The molecule has 40 heavy (non-hydrogen) atoms. The van der Waals surface area contributed by atoms with Gasteiger partial charge in [-0.25, -0.2) is 0 Å². The van der Waals surface area contributed by atoms with Crippen molar-refractivity contribution < 1.29 is 27.4 Å². The highest BCUT2D eigenvalue weighted by atomic mass is 35.5. The fraction of sp³-hybridized carbons (Fsp3) is 0.419. The molecule has 2 aromatic rings. The number of anilines is 2. The van der Waals surface area contributed by atoms with Gasteiger partial charge in [0.2, 0.25) is 0 Å². The Morgan fingerprint density at radius 2 is 1.77 bits per heavy atom. The van der Waals surface area contributed by atoms with Crippen LogP contribution in [0, 0.1) is 0 Å². The molecular weight excluding hydrogens is 541 g/mol. The summed E-state index contributed by atoms with van der Waals surface area (Å²) < 4.78 is 53.2. The maximum Gasteiger partial charge on any atom is 0.406 e. The lowest BCUT2D eigenvalue weighted by atomic mass is 9.81. The van der Waals surface area contributed by atoms with Crippen LogP contribution < -0.4 is 14.4 Å². The third-order valence-corrected chi connectivity index (χ3v) is 6.61. The molecule has 0 spiro atoms. The van der Waals surface area contributed by atoms with Crippen LogP contribution in [0.15, 0.2) is 65.8 Å². The molecule has 0 bridgehead atoms. The van der Waals surface area contributed by atoms with Crippen molar-refractivity contribution in [2.45, 2.75) is 71.6 Å². The Kier molecular flexibility index (Phi) is 11.9. The number of allylic oxidation sites excluding steroid dienone is 2. The first-order valence-corrected chi connectivity index (χ1v) is 13.4. The fourth-order valence-corrected chi connectivity index (χ4v) is 4.10. The molecule has 2 aromatic carbocycles. The lowest BCUT2D eigenvalue weighted by Gasteiger charge is -2.31. The lowest BCUT2D eigenvalue weighted by Crippen LogP contribution is -2.31. The Hall–Kier alpha value is -3.26. The second-order valence-corrected chi connectivity index (χ2v) is 10.6. The van der Waals surface area contributed by atoms with Crippen LogP contribution in [-0.4, -0.2) is 37.9 Å². The van der Waals surface area contributed by atoms with E-state index >= 15 is 0 Å². The molecule has 0 aromatic heterocycles. The van der Waals surface area contributed by atoms with Gasteiger partial charge in [0.1, 0.15) is 31.4 Å². The first kappa shape index (κ1) is 32.9. The van der Waals surface area contributed by atoms with Gasteiger partial charge >= 0.3 is 6.18 Å². The molecule has 3 rings (SSSR count). The summed E-state index contributed by atoms with van der Waals surface area (Å²) in [7, 11) is 0. The van der Waals surface area contributed by atoms with Crippen molar-refractivity contribution in [1.82, 2.24) is 0 Å². The molecule has 0 atom stereocenters. The number of carbonyl (C=O) groups excluding carboxylic acids is 1. The highest BCUT2D eigenvalue weighted by Gasteiger charge is 2.35. The predicted molar refractivity (Wildman–Crippen MR) is 158 cm³/mol. The smallest absolute Gasteiger partial charge is 0.406 e. The van der Waals surface area contributed by atoms with Gasteiger partial charge in [0.05, 0.1) is 16.8 Å². The zero-order chi connectivity index (χ0) is 30.1. The highest BCUT2D eigenvalue weighted by molar-refractivity contribution is 6.32. The zero-order valence-corrected chi connectivity index (χ0v) is 24.5. The minimum Gasteiger partial charge on any atom is -0.489 e. The Balaban J connectivity index is 0.00000274. The first-order valence-electron chi connectivity index (χ1n) is 13.1. The Morgan fingerprint density at radius 3 is 2.27 bits per heavy atom. The molecule has 0 radical (unpaired) electrons. The number of nitrogens with zero attached hydrogens (tertiary/aromatic N) is 2. The summed E-state index contributed by atoms with van der Waals surface area (Å²) in [6, 6.07) is 9.85. The molecule has 1 saturated carbocycles. The largest absolute Gasteiger partial charge is 0.489 e. The number of alkyl halides is 3. The van der Waals surface area contributed by atoms with Gasteiger partial charge in [-0.3, -0.25) is 4.99 Å². The molecule has 0 unspecified atom stereocenters. The number of halogens is 4. The van der Waals surface area contributed by atoms with Crippen LogP contribution in [0.5, 0.6) is 11.5 Å². The van der Waals surface area contributed by atoms with Crippen LogP contribution in [-0.2, 0) is 10.2 Å². The summed E-state index contributed by atoms with van der Waals surface area (Å²) in [5, 5.41) is 0.311. The normalized spacial score (nSPS) is 14.0. The summed E-state index contributed by atoms with van der Waals surface area (Å²) in [5.41, 5.74) is 2.52. The lowest BCUT2D eigenvalue weighted by molar-refractivity contribution is -0.118. The molecule has 1 fully saturated rings. The standard InChI is InChI=1S/C30H36ClF3N2O2.CH2O/c1-7-9-21(35-20(3)4)18-37-24-12-10-22(11-13-24)36(19-30(32,33)34)23-16-26(29(5,6)8-2)28(27(31)17-23)38-25-14-15-25;1-2/h7,9-13,16-17,25H,3,8,14-15,18-19H2,1-2,4-6H3;1H2/b9-7-,35-21?;. The van der Waals surface area contributed by atoms with Crippen molar-refractivity contribution in [2.75, 3.05) is 18.1 Å². The van der Waals surface area contributed by atoms with Crippen LogP contribution in [0.3, 0.4) is 0 Å². The van der Waals surface area contributed by atoms with E-state index in [1.807, 2.05) is 46.6 Å². The van der Waals surface area contributed by atoms with Gasteiger partial charge < -0.3 is 19.2 Å². The summed E-state index contributed by atoms with van der Waals surface area (Å²) >= 11 is 6.65. The summed E-state index contributed by atoms with van der Waals surface area (Å²) in [6.45, 7) is 14.6. The SMILES string of the molecule is C=C(C)N=C(/C=C\C)COc1ccc(N(CC(F)(F)F)c2cc(Cl)c(OC3CC3)c(C(C)(C)CC)c2)cc1.C=O. The van der Waals surface area contributed by atoms with E-state index in [-0.39, 0.29) is 18.1 Å². The van der Waals surface area contributed by atoms with E-state index in [9.17, 15) is 13.2 Å². The molecule has 0 saturated heterocycles. The van der Waals surface area contributed by atoms with Crippen molar-refractivity contribution >= 4 is 35.5 Å². The zero-order valence-electron chi connectivity index (χ0n) is 23.8. The number of benzene rings is 2. The fourth-order valence-electron chi connectivity index (χ4n) is 3.85. The van der Waals surface area contributed by atoms with Crippen LogP contribution in [0.4, 0.5) is 24.5 Å². The maximum absolute atomic E-state index is 13.8. The van der Waals surface area contributed by atoms with Gasteiger partial charge in [0.25, 0.3) is 0 Å². The minimum absolute atomic E-state index is 0.109. The molecule has 1 aliphatic carbocycles. The van der Waals surface area contributed by atoms with Crippen molar-refractivity contribution in [3.05, 3.63) is 71.4 Å². The quantitative estimate of drug-likeness (QED) is 0.236. The molecule has 0 heterocycles. The van der Waals surface area contributed by atoms with Gasteiger partial charge in [-0.2, -0.15) is 13.2 Å². The number of hydrogen-bond acceptors (Lipinski definition) is 5. The average molecular weight is 579 g/mol. The van der Waals surface area contributed by atoms with Gasteiger partial charge in [0, 0.05) is 22.6 Å². The third-order valence-electron chi connectivity index (χ3n) is 6.33. The van der Waals surface area contributed by atoms with E-state index < -0.39 is 12.7 Å². The van der Waals surface area contributed by atoms with Gasteiger partial charge in [0.15, 0.2) is 0 Å². The Bertz CT molecular complexity index is 1200. The molecule has 0 N–H and O–H groups in total. The van der Waals surface area contributed by atoms with Crippen LogP contribution in [0.2, 0.25) is 5.02 Å². The topological polar surface area (TPSA) is 51.1 Å². The second kappa shape index (κ2) is 14.4. The summed E-state index contributed by atoms with van der Waals surface area (Å²) in [6.07, 6.45) is 2.02. The molecule has 218 valence electrons. The van der Waals surface area contributed by atoms with Gasteiger partial charge in [-0.05, 0) is 81.0 Å². The molecular formula is C31H38ClF3N2O3. The minimum atomic E-state index is -4.44. The van der Waals surface area contributed by atoms with E-state index in [4.69, 9.17) is 25.9 Å². The summed E-state index contributed by atoms with van der Waals surface area (Å²) in [5.74, 6) is 1.08. The molecule has 0 aliphatic heterocycles. The Labute approximate surface area is 240 Å². The molecule has 5 nitrogen and oxygen atoms in total. The first-order chi connectivity index (χ1) is 18.8. The number of aliphatic imine (C=N–C) groups is 1. The second-order valence-electron chi connectivity index (χ2n) is 10.2. The van der Waals surface area contributed by atoms with E-state index in [0.717, 1.165) is 24.8 Å². The van der Waals surface area contributed by atoms with Crippen LogP contribution in [0.1, 0.15) is 59.4 Å². The van der Waals surface area contributed by atoms with Crippen molar-refractivity contribution in [3.8, 4) is 11.5 Å². The molecule has 1 aliphatic rings. The van der Waals surface area contributed by atoms with Crippen molar-refractivity contribution in [1.29, 1.82) is 0 Å². The van der Waals surface area contributed by atoms with Crippen LogP contribution in [0.25, 0.3) is 0 Å². The number of carbonyl (C=O) groups is 1. The van der Waals surface area contributed by atoms with Crippen LogP contribution >= 0.6 is 11.6 Å². The predicted octanol–water partition coefficient (Wildman–Crippen LogP) is 9.01. The summed E-state index contributed by atoms with van der Waals surface area (Å²) in [4.78, 5) is 13.6. The number of rotatable bonds is 12. The van der Waals surface area contributed by atoms with E-state index in [1.54, 1.807) is 43.3 Å². The van der Waals surface area contributed by atoms with E-state index in [1.165, 1.54) is 4.90 Å². The van der Waals surface area contributed by atoms with Crippen molar-refractivity contribution in [3.63, 3.8) is 0 Å². The average Bonchev–Trinajstić information content (AvgIpc) is 3.72. The highest BCUT2D eigenvalue weighted by Crippen LogP contribution is 2.45. The van der Waals surface area contributed by atoms with Crippen molar-refractivity contribution in [2.24, 2.45) is 4.99 Å². The monoisotopic (exact) mass is 578 g/mol. The third kappa shape index (κ3) is 9.73. The van der Waals surface area contributed by atoms with E-state index in [0.29, 0.717) is 39.3 Å². The maximum atomic E-state index is 13.8. The van der Waals surface area contributed by atoms with E-state index in [2.05, 4.69) is 11.6 Å². The number of ether oxygens (including phenoxy) is 2. The molecule has 0 amide bonds. The van der Waals surface area contributed by atoms with Gasteiger partial charge in [-0.15, -0.1) is 0 Å².